The maximum Gasteiger partial charge on any atom is 0.255 e. The van der Waals surface area contributed by atoms with Crippen molar-refractivity contribution in [3.8, 4) is 11.5 Å². The Morgan fingerprint density at radius 2 is 1.92 bits per heavy atom. The van der Waals surface area contributed by atoms with Crippen LogP contribution in [0.25, 0.3) is 0 Å². The zero-order chi connectivity index (χ0) is 16.8. The zero-order valence-corrected chi connectivity index (χ0v) is 14.0. The molecule has 1 aromatic carbocycles. The van der Waals surface area contributed by atoms with Crippen LogP contribution in [0.1, 0.15) is 36.0 Å². The summed E-state index contributed by atoms with van der Waals surface area (Å²) in [4.78, 5) is 14.7. The molecule has 0 aromatic heterocycles. The van der Waals surface area contributed by atoms with Crippen LogP contribution in [-0.4, -0.2) is 61.4 Å². The summed E-state index contributed by atoms with van der Waals surface area (Å²) in [5.41, 5.74) is 0.453. The average molecular weight is 334 g/mol. The van der Waals surface area contributed by atoms with Crippen LogP contribution in [0.4, 0.5) is 0 Å². The predicted molar refractivity (Wildman–Crippen MR) is 90.7 cm³/mol. The van der Waals surface area contributed by atoms with E-state index in [1.165, 1.54) is 25.7 Å². The monoisotopic (exact) mass is 334 g/mol. The standard InChI is InChI=1S/C18H26N2O4/c21-14(13-20-8-3-1-2-4-9-20)12-19-18(22)15-6-5-7-16-17(15)24-11-10-23-16/h5-7,14,21H,1-4,8-13H2,(H,19,22). The second-order valence-electron chi connectivity index (χ2n) is 6.41. The van der Waals surface area contributed by atoms with Gasteiger partial charge in [-0.3, -0.25) is 4.79 Å². The first-order valence-electron chi connectivity index (χ1n) is 8.81. The van der Waals surface area contributed by atoms with Crippen molar-refractivity contribution in [2.45, 2.75) is 31.8 Å². The van der Waals surface area contributed by atoms with E-state index < -0.39 is 6.10 Å². The second-order valence-corrected chi connectivity index (χ2v) is 6.41. The van der Waals surface area contributed by atoms with E-state index in [0.29, 0.717) is 36.8 Å². The van der Waals surface area contributed by atoms with E-state index >= 15 is 0 Å². The van der Waals surface area contributed by atoms with Crippen molar-refractivity contribution in [3.63, 3.8) is 0 Å². The average Bonchev–Trinajstić information content (AvgIpc) is 2.88. The van der Waals surface area contributed by atoms with Crippen LogP contribution >= 0.6 is 0 Å². The molecule has 0 radical (unpaired) electrons. The van der Waals surface area contributed by atoms with Crippen molar-refractivity contribution in [2.24, 2.45) is 0 Å². The van der Waals surface area contributed by atoms with Crippen LogP contribution < -0.4 is 14.8 Å². The summed E-state index contributed by atoms with van der Waals surface area (Å²) in [7, 11) is 0. The van der Waals surface area contributed by atoms with Gasteiger partial charge in [0.15, 0.2) is 11.5 Å². The van der Waals surface area contributed by atoms with E-state index in [0.717, 1.165) is 13.1 Å². The third-order valence-electron chi connectivity index (χ3n) is 4.48. The fourth-order valence-electron chi connectivity index (χ4n) is 3.24. The van der Waals surface area contributed by atoms with Crippen molar-refractivity contribution in [2.75, 3.05) is 39.4 Å². The molecule has 1 atom stereocenters. The first-order chi connectivity index (χ1) is 11.7. The summed E-state index contributed by atoms with van der Waals surface area (Å²) >= 11 is 0. The molecule has 1 aromatic rings. The van der Waals surface area contributed by atoms with Gasteiger partial charge in [-0.2, -0.15) is 0 Å². The Labute approximate surface area is 142 Å². The minimum atomic E-state index is -0.566. The summed E-state index contributed by atoms with van der Waals surface area (Å²) in [6.45, 7) is 3.83. The number of carbonyl (C=O) groups is 1. The van der Waals surface area contributed by atoms with Gasteiger partial charge >= 0.3 is 0 Å². The van der Waals surface area contributed by atoms with Gasteiger partial charge in [-0.25, -0.2) is 0 Å². The number of benzene rings is 1. The highest BCUT2D eigenvalue weighted by molar-refractivity contribution is 5.97. The van der Waals surface area contributed by atoms with Gasteiger partial charge < -0.3 is 24.8 Å². The first-order valence-corrected chi connectivity index (χ1v) is 8.81. The van der Waals surface area contributed by atoms with Gasteiger partial charge in [0.25, 0.3) is 5.91 Å². The molecule has 6 nitrogen and oxygen atoms in total. The molecule has 2 aliphatic heterocycles. The lowest BCUT2D eigenvalue weighted by atomic mass is 10.1. The number of β-amino-alcohol motifs (C(OH)–C–C–N with tert-alkyl or cyclic N) is 1. The summed E-state index contributed by atoms with van der Waals surface area (Å²) < 4.78 is 11.1. The molecule has 0 saturated carbocycles. The van der Waals surface area contributed by atoms with Gasteiger partial charge in [-0.15, -0.1) is 0 Å². The molecule has 0 aliphatic carbocycles. The molecule has 132 valence electrons. The van der Waals surface area contributed by atoms with E-state index in [2.05, 4.69) is 10.2 Å². The van der Waals surface area contributed by atoms with Crippen LogP contribution in [-0.2, 0) is 0 Å². The lowest BCUT2D eigenvalue weighted by molar-refractivity contribution is 0.0854. The van der Waals surface area contributed by atoms with Crippen LogP contribution in [0.3, 0.4) is 0 Å². The van der Waals surface area contributed by atoms with Crippen LogP contribution in [0.15, 0.2) is 18.2 Å². The maximum absolute atomic E-state index is 12.4. The number of likely N-dealkylation sites (tertiary alicyclic amines) is 1. The minimum Gasteiger partial charge on any atom is -0.486 e. The number of hydrogen-bond donors (Lipinski definition) is 2. The lowest BCUT2D eigenvalue weighted by Gasteiger charge is -2.24. The molecule has 2 N–H and O–H groups in total. The van der Waals surface area contributed by atoms with Crippen LogP contribution in [0, 0.1) is 0 Å². The van der Waals surface area contributed by atoms with Crippen molar-refractivity contribution in [1.82, 2.24) is 10.2 Å². The van der Waals surface area contributed by atoms with E-state index in [1.54, 1.807) is 18.2 Å². The molecule has 2 aliphatic rings. The predicted octanol–water partition coefficient (Wildman–Crippen LogP) is 1.42. The smallest absolute Gasteiger partial charge is 0.255 e. The van der Waals surface area contributed by atoms with Gasteiger partial charge in [-0.1, -0.05) is 18.9 Å². The van der Waals surface area contributed by atoms with E-state index in [9.17, 15) is 9.90 Å². The number of aliphatic hydroxyl groups is 1. The molecule has 1 fully saturated rings. The number of nitrogens with one attached hydrogen (secondary N) is 1. The van der Waals surface area contributed by atoms with Crippen molar-refractivity contribution >= 4 is 5.91 Å². The molecule has 2 heterocycles. The second kappa shape index (κ2) is 8.35. The largest absolute Gasteiger partial charge is 0.486 e. The molecule has 6 heteroatoms. The summed E-state index contributed by atoms with van der Waals surface area (Å²) in [6.07, 6.45) is 4.34. The third-order valence-corrected chi connectivity index (χ3v) is 4.48. The fourth-order valence-corrected chi connectivity index (χ4v) is 3.24. The minimum absolute atomic E-state index is 0.236. The quantitative estimate of drug-likeness (QED) is 0.852. The molecule has 0 bridgehead atoms. The Hall–Kier alpha value is -1.79. The molecule has 0 spiro atoms. The highest BCUT2D eigenvalue weighted by Gasteiger charge is 2.21. The molecular weight excluding hydrogens is 308 g/mol. The van der Waals surface area contributed by atoms with Gasteiger partial charge in [0.05, 0.1) is 11.7 Å². The van der Waals surface area contributed by atoms with Crippen molar-refractivity contribution in [1.29, 1.82) is 0 Å². The number of rotatable bonds is 5. The maximum atomic E-state index is 12.4. The highest BCUT2D eigenvalue weighted by atomic mass is 16.6. The number of aliphatic hydroxyl groups excluding tert-OH is 1. The number of ether oxygens (including phenoxy) is 2. The van der Waals surface area contributed by atoms with Crippen molar-refractivity contribution < 1.29 is 19.4 Å². The summed E-state index contributed by atoms with van der Waals surface area (Å²) in [5.74, 6) is 0.842. The van der Waals surface area contributed by atoms with E-state index in [1.807, 2.05) is 0 Å². The number of hydrogen-bond acceptors (Lipinski definition) is 5. The topological polar surface area (TPSA) is 71.0 Å². The van der Waals surface area contributed by atoms with Gasteiger partial charge in [-0.05, 0) is 38.1 Å². The third kappa shape index (κ3) is 4.39. The van der Waals surface area contributed by atoms with Crippen LogP contribution in [0.2, 0.25) is 0 Å². The molecule has 3 rings (SSSR count). The number of amides is 1. The molecule has 1 unspecified atom stereocenters. The van der Waals surface area contributed by atoms with E-state index in [-0.39, 0.29) is 12.5 Å². The zero-order valence-electron chi connectivity index (χ0n) is 14.0. The van der Waals surface area contributed by atoms with E-state index in [4.69, 9.17) is 9.47 Å². The molecule has 1 amide bonds. The Morgan fingerprint density at radius 1 is 1.17 bits per heavy atom. The highest BCUT2D eigenvalue weighted by Crippen LogP contribution is 2.33. The van der Waals surface area contributed by atoms with Gasteiger partial charge in [0, 0.05) is 13.1 Å². The molecular formula is C18H26N2O4. The number of carbonyl (C=O) groups excluding carboxylic acids is 1. The number of nitrogens with zero attached hydrogens (tertiary/aromatic N) is 1. The number of fused-ring (bicyclic) bond motifs is 1. The molecule has 24 heavy (non-hydrogen) atoms. The lowest BCUT2D eigenvalue weighted by Crippen LogP contribution is -2.40. The first kappa shape index (κ1) is 17.0. The Morgan fingerprint density at radius 3 is 2.71 bits per heavy atom. The fraction of sp³-hybridized carbons (Fsp3) is 0.611. The SMILES string of the molecule is O=C(NCC(O)CN1CCCCCC1)c1cccc2c1OCCO2. The Bertz CT molecular complexity index is 556. The van der Waals surface area contributed by atoms with Crippen molar-refractivity contribution in [3.05, 3.63) is 23.8 Å². The Kier molecular flexibility index (Phi) is 5.93. The summed E-state index contributed by atoms with van der Waals surface area (Å²) in [5, 5.41) is 13.0. The Balaban J connectivity index is 1.52. The van der Waals surface area contributed by atoms with Gasteiger partial charge in [0.1, 0.15) is 13.2 Å². The van der Waals surface area contributed by atoms with Crippen LogP contribution in [0.5, 0.6) is 11.5 Å². The molecule has 1 saturated heterocycles. The normalized spacial score (nSPS) is 19.4. The number of para-hydroxylation sites is 1. The summed E-state index contributed by atoms with van der Waals surface area (Å²) in [6, 6.07) is 5.28. The van der Waals surface area contributed by atoms with Gasteiger partial charge in [0.2, 0.25) is 0 Å².